The van der Waals surface area contributed by atoms with E-state index in [0.717, 1.165) is 17.5 Å². The number of carbonyl (C=O) groups excluding carboxylic acids is 2. The van der Waals surface area contributed by atoms with Gasteiger partial charge in [-0.1, -0.05) is 17.2 Å². The van der Waals surface area contributed by atoms with Crippen molar-refractivity contribution in [3.8, 4) is 0 Å². The second kappa shape index (κ2) is 6.92. The average molecular weight is 304 g/mol. The molecular formula is C17H24N2O3. The molecule has 2 rings (SSSR count). The van der Waals surface area contributed by atoms with E-state index in [4.69, 9.17) is 0 Å². The number of likely N-dealkylation sites (tertiary alicyclic amines) is 1. The molecule has 1 heterocycles. The van der Waals surface area contributed by atoms with E-state index in [0.29, 0.717) is 18.7 Å². The molecule has 2 unspecified atom stereocenters. The number of hydrogen-bond donors (Lipinski definition) is 2. The number of carbonyl (C=O) groups is 2. The van der Waals surface area contributed by atoms with E-state index in [1.165, 1.54) is 0 Å². The smallest absolute Gasteiger partial charge is 0.251 e. The van der Waals surface area contributed by atoms with E-state index in [9.17, 15) is 14.7 Å². The van der Waals surface area contributed by atoms with Crippen molar-refractivity contribution in [2.75, 3.05) is 19.6 Å². The zero-order valence-electron chi connectivity index (χ0n) is 13.4. The van der Waals surface area contributed by atoms with Crippen LogP contribution in [0.5, 0.6) is 0 Å². The summed E-state index contributed by atoms with van der Waals surface area (Å²) in [5, 5.41) is 12.2. The van der Waals surface area contributed by atoms with Crippen LogP contribution in [-0.4, -0.2) is 47.6 Å². The van der Waals surface area contributed by atoms with Gasteiger partial charge in [0.15, 0.2) is 0 Å². The molecule has 0 bridgehead atoms. The van der Waals surface area contributed by atoms with Crippen molar-refractivity contribution in [3.05, 3.63) is 34.9 Å². The molecule has 0 aromatic heterocycles. The van der Waals surface area contributed by atoms with E-state index in [2.05, 4.69) is 5.32 Å². The van der Waals surface area contributed by atoms with E-state index in [1.54, 1.807) is 11.8 Å². The van der Waals surface area contributed by atoms with Gasteiger partial charge in [-0.25, -0.2) is 0 Å². The molecule has 22 heavy (non-hydrogen) atoms. The lowest BCUT2D eigenvalue weighted by molar-refractivity contribution is -0.129. The minimum absolute atomic E-state index is 0.00163. The van der Waals surface area contributed by atoms with Crippen molar-refractivity contribution < 1.29 is 14.7 Å². The molecule has 0 aliphatic carbocycles. The molecule has 5 heteroatoms. The van der Waals surface area contributed by atoms with Gasteiger partial charge in [0.05, 0.1) is 12.6 Å². The summed E-state index contributed by atoms with van der Waals surface area (Å²) in [6.45, 7) is 6.84. The number of rotatable bonds is 4. The van der Waals surface area contributed by atoms with Crippen LogP contribution in [0.3, 0.4) is 0 Å². The highest BCUT2D eigenvalue weighted by Gasteiger charge is 2.28. The third kappa shape index (κ3) is 4.07. The number of aryl methyl sites for hydroxylation is 2. The molecule has 2 N–H and O–H groups in total. The van der Waals surface area contributed by atoms with Crippen LogP contribution < -0.4 is 5.32 Å². The minimum Gasteiger partial charge on any atom is -0.393 e. The van der Waals surface area contributed by atoms with Crippen LogP contribution in [0, 0.1) is 19.8 Å². The summed E-state index contributed by atoms with van der Waals surface area (Å²) in [4.78, 5) is 25.9. The third-order valence-corrected chi connectivity index (χ3v) is 4.14. The Morgan fingerprint density at radius 3 is 2.50 bits per heavy atom. The molecule has 1 aliphatic heterocycles. The number of nitrogens with zero attached hydrogens (tertiary/aromatic N) is 1. The number of amides is 2. The van der Waals surface area contributed by atoms with Crippen LogP contribution in [0.25, 0.3) is 0 Å². The first-order valence-electron chi connectivity index (χ1n) is 7.69. The molecule has 0 radical (unpaired) electrons. The maximum Gasteiger partial charge on any atom is 0.251 e. The Kier molecular flexibility index (Phi) is 5.19. The van der Waals surface area contributed by atoms with Gasteiger partial charge in [0.1, 0.15) is 0 Å². The molecule has 0 saturated carbocycles. The number of aliphatic hydroxyl groups is 1. The van der Waals surface area contributed by atoms with Crippen LogP contribution in [0.4, 0.5) is 0 Å². The highest BCUT2D eigenvalue weighted by atomic mass is 16.3. The van der Waals surface area contributed by atoms with Crippen molar-refractivity contribution in [2.24, 2.45) is 5.92 Å². The predicted octanol–water partition coefficient (Wildman–Crippen LogP) is 1.26. The number of nitrogens with one attached hydrogen (secondary N) is 1. The van der Waals surface area contributed by atoms with E-state index in [-0.39, 0.29) is 24.3 Å². The lowest BCUT2D eigenvalue weighted by Gasteiger charge is -2.18. The molecule has 1 aromatic rings. The summed E-state index contributed by atoms with van der Waals surface area (Å²) in [6, 6.07) is 5.63. The zero-order valence-corrected chi connectivity index (χ0v) is 13.4. The molecule has 1 aliphatic rings. The highest BCUT2D eigenvalue weighted by molar-refractivity contribution is 5.96. The summed E-state index contributed by atoms with van der Waals surface area (Å²) < 4.78 is 0. The summed E-state index contributed by atoms with van der Waals surface area (Å²) in [5.74, 6) is -0.189. The van der Waals surface area contributed by atoms with E-state index < -0.39 is 6.10 Å². The fraction of sp³-hybridized carbons (Fsp3) is 0.529. The van der Waals surface area contributed by atoms with Crippen LogP contribution in [0.15, 0.2) is 18.2 Å². The molecule has 1 aromatic carbocycles. The van der Waals surface area contributed by atoms with Gasteiger partial charge in [0, 0.05) is 24.6 Å². The number of hydrogen-bond acceptors (Lipinski definition) is 3. The Balaban J connectivity index is 1.87. The molecule has 120 valence electrons. The monoisotopic (exact) mass is 304 g/mol. The number of aliphatic hydroxyl groups excluding tert-OH is 1. The van der Waals surface area contributed by atoms with Crippen LogP contribution >= 0.6 is 0 Å². The second-order valence-electron chi connectivity index (χ2n) is 6.19. The number of benzene rings is 1. The molecule has 0 spiro atoms. The fourth-order valence-corrected chi connectivity index (χ4v) is 2.88. The molecule has 2 atom stereocenters. The topological polar surface area (TPSA) is 69.6 Å². The summed E-state index contributed by atoms with van der Waals surface area (Å²) in [5.41, 5.74) is 2.63. The third-order valence-electron chi connectivity index (χ3n) is 4.14. The molecule has 1 fully saturated rings. The van der Waals surface area contributed by atoms with Crippen molar-refractivity contribution in [3.63, 3.8) is 0 Å². The van der Waals surface area contributed by atoms with Crippen LogP contribution in [0.1, 0.15) is 34.8 Å². The molecule has 1 saturated heterocycles. The SMILES string of the molecule is Cc1cc(C)cc(C(=O)NCC(=O)N2CCC(C(C)O)C2)c1. The first-order chi connectivity index (χ1) is 10.4. The Morgan fingerprint density at radius 1 is 1.32 bits per heavy atom. The zero-order chi connectivity index (χ0) is 16.3. The second-order valence-corrected chi connectivity index (χ2v) is 6.19. The van der Waals surface area contributed by atoms with E-state index >= 15 is 0 Å². The van der Waals surface area contributed by atoms with Gasteiger partial charge < -0.3 is 15.3 Å². The Hall–Kier alpha value is -1.88. The quantitative estimate of drug-likeness (QED) is 0.880. The normalized spacial score (nSPS) is 19.1. The van der Waals surface area contributed by atoms with Gasteiger partial charge in [-0.05, 0) is 39.3 Å². The van der Waals surface area contributed by atoms with E-state index in [1.807, 2.05) is 32.0 Å². The van der Waals surface area contributed by atoms with Crippen molar-refractivity contribution in [1.29, 1.82) is 0 Å². The predicted molar refractivity (Wildman–Crippen MR) is 84.6 cm³/mol. The van der Waals surface area contributed by atoms with Gasteiger partial charge in [0.25, 0.3) is 5.91 Å². The van der Waals surface area contributed by atoms with Gasteiger partial charge in [-0.15, -0.1) is 0 Å². The summed E-state index contributed by atoms with van der Waals surface area (Å²) in [6.07, 6.45) is 0.414. The Bertz CT molecular complexity index is 549. The van der Waals surface area contributed by atoms with Crippen LogP contribution in [0.2, 0.25) is 0 Å². The first kappa shape index (κ1) is 16.5. The lowest BCUT2D eigenvalue weighted by Crippen LogP contribution is -2.39. The van der Waals surface area contributed by atoms with Crippen molar-refractivity contribution >= 4 is 11.8 Å². The van der Waals surface area contributed by atoms with Crippen molar-refractivity contribution in [2.45, 2.75) is 33.3 Å². The fourth-order valence-electron chi connectivity index (χ4n) is 2.88. The molecule has 2 amide bonds. The van der Waals surface area contributed by atoms with Gasteiger partial charge in [-0.2, -0.15) is 0 Å². The standard InChI is InChI=1S/C17H24N2O3/c1-11-6-12(2)8-15(7-11)17(22)18-9-16(21)19-5-4-14(10-19)13(3)20/h6-8,13-14,20H,4-5,9-10H2,1-3H3,(H,18,22). The summed E-state index contributed by atoms with van der Waals surface area (Å²) >= 11 is 0. The molecule has 5 nitrogen and oxygen atoms in total. The maximum atomic E-state index is 12.1. The minimum atomic E-state index is -0.400. The lowest BCUT2D eigenvalue weighted by atomic mass is 10.0. The van der Waals surface area contributed by atoms with Crippen molar-refractivity contribution in [1.82, 2.24) is 10.2 Å². The maximum absolute atomic E-state index is 12.1. The first-order valence-corrected chi connectivity index (χ1v) is 7.69. The average Bonchev–Trinajstić information content (AvgIpc) is 2.93. The molecular weight excluding hydrogens is 280 g/mol. The Morgan fingerprint density at radius 2 is 1.95 bits per heavy atom. The Labute approximate surface area is 131 Å². The van der Waals surface area contributed by atoms with Gasteiger partial charge >= 0.3 is 0 Å². The highest BCUT2D eigenvalue weighted by Crippen LogP contribution is 2.19. The van der Waals surface area contributed by atoms with Gasteiger partial charge in [0.2, 0.25) is 5.91 Å². The largest absolute Gasteiger partial charge is 0.393 e. The van der Waals surface area contributed by atoms with Gasteiger partial charge in [-0.3, -0.25) is 9.59 Å². The van der Waals surface area contributed by atoms with Crippen LogP contribution in [-0.2, 0) is 4.79 Å². The summed E-state index contributed by atoms with van der Waals surface area (Å²) in [7, 11) is 0.